The first-order chi connectivity index (χ1) is 9.96. The highest BCUT2D eigenvalue weighted by Gasteiger charge is 2.13. The van der Waals surface area contributed by atoms with Crippen molar-refractivity contribution in [1.29, 1.82) is 0 Å². The van der Waals surface area contributed by atoms with E-state index in [4.69, 9.17) is 10.8 Å². The molecule has 0 spiro atoms. The van der Waals surface area contributed by atoms with E-state index in [2.05, 4.69) is 4.72 Å². The average molecular weight is 332 g/mol. The van der Waals surface area contributed by atoms with Crippen LogP contribution in [0.4, 0.5) is 5.69 Å². The summed E-state index contributed by atoms with van der Waals surface area (Å²) in [5.41, 5.74) is 6.35. The van der Waals surface area contributed by atoms with E-state index in [1.165, 1.54) is 11.8 Å². The van der Waals surface area contributed by atoms with Crippen molar-refractivity contribution in [2.45, 2.75) is 24.7 Å². The van der Waals surface area contributed by atoms with E-state index in [0.29, 0.717) is 24.4 Å². The summed E-state index contributed by atoms with van der Waals surface area (Å²) in [5.74, 6) is 0.740. The van der Waals surface area contributed by atoms with Gasteiger partial charge in [-0.2, -0.15) is 0 Å². The van der Waals surface area contributed by atoms with Crippen LogP contribution in [0.5, 0.6) is 0 Å². The van der Waals surface area contributed by atoms with Gasteiger partial charge in [0.25, 0.3) is 0 Å². The lowest BCUT2D eigenvalue weighted by Crippen LogP contribution is -2.32. The zero-order valence-electron chi connectivity index (χ0n) is 12.3. The molecule has 0 aliphatic carbocycles. The Hall–Kier alpha value is -0.760. The number of rotatable bonds is 10. The van der Waals surface area contributed by atoms with Crippen LogP contribution in [0.1, 0.15) is 19.8 Å². The number of thioether (sulfide) groups is 1. The minimum absolute atomic E-state index is 0.0715. The molecule has 1 aromatic rings. The average Bonchev–Trinajstić information content (AvgIpc) is 2.43. The molecule has 0 aromatic heterocycles. The molecule has 0 saturated heterocycles. The number of sulfonamides is 1. The number of benzene rings is 1. The predicted octanol–water partition coefficient (Wildman–Crippen LogP) is 1.69. The third-order valence-electron chi connectivity index (χ3n) is 3.19. The van der Waals surface area contributed by atoms with Crippen LogP contribution in [0.15, 0.2) is 29.2 Å². The largest absolute Gasteiger partial charge is 0.399 e. The summed E-state index contributed by atoms with van der Waals surface area (Å²) in [6.45, 7) is 2.47. The van der Waals surface area contributed by atoms with Gasteiger partial charge in [0, 0.05) is 29.5 Å². The highest BCUT2D eigenvalue weighted by molar-refractivity contribution is 8.00. The number of hydrogen-bond donors (Lipinski definition) is 3. The zero-order chi connectivity index (χ0) is 15.7. The molecule has 0 aliphatic heterocycles. The topological polar surface area (TPSA) is 92.4 Å². The van der Waals surface area contributed by atoms with Gasteiger partial charge in [0.1, 0.15) is 0 Å². The molecule has 0 radical (unpaired) electrons. The Bertz CT molecular complexity index is 521. The lowest BCUT2D eigenvalue weighted by atomic mass is 10.0. The molecule has 0 saturated carbocycles. The monoisotopic (exact) mass is 332 g/mol. The summed E-state index contributed by atoms with van der Waals surface area (Å²) in [6, 6.07) is 7.40. The minimum Gasteiger partial charge on any atom is -0.399 e. The van der Waals surface area contributed by atoms with Crippen LogP contribution in [0.2, 0.25) is 0 Å². The van der Waals surface area contributed by atoms with Crippen molar-refractivity contribution in [3.63, 3.8) is 0 Å². The number of nitrogens with two attached hydrogens (primary N) is 1. The van der Waals surface area contributed by atoms with Crippen LogP contribution in [-0.2, 0) is 10.0 Å². The molecule has 5 nitrogen and oxygen atoms in total. The zero-order valence-corrected chi connectivity index (χ0v) is 13.9. The summed E-state index contributed by atoms with van der Waals surface area (Å²) in [6.07, 6.45) is 1.47. The van der Waals surface area contributed by atoms with Gasteiger partial charge in [-0.05, 0) is 30.5 Å². The van der Waals surface area contributed by atoms with Crippen molar-refractivity contribution in [1.82, 2.24) is 4.72 Å². The van der Waals surface area contributed by atoms with Gasteiger partial charge in [-0.1, -0.05) is 19.4 Å². The molecular weight excluding hydrogens is 308 g/mol. The van der Waals surface area contributed by atoms with Gasteiger partial charge in [-0.3, -0.25) is 0 Å². The van der Waals surface area contributed by atoms with Crippen LogP contribution in [-0.4, -0.2) is 38.2 Å². The quantitative estimate of drug-likeness (QED) is 0.448. The molecule has 1 rings (SSSR count). The van der Waals surface area contributed by atoms with E-state index in [1.54, 1.807) is 6.07 Å². The number of nitrogen functional groups attached to an aromatic ring is 1. The first kappa shape index (κ1) is 18.3. The molecule has 120 valence electrons. The van der Waals surface area contributed by atoms with Crippen molar-refractivity contribution in [3.8, 4) is 0 Å². The lowest BCUT2D eigenvalue weighted by Gasteiger charge is -2.14. The molecule has 0 bridgehead atoms. The summed E-state index contributed by atoms with van der Waals surface area (Å²) in [5, 5.41) is 8.90. The first-order valence-electron chi connectivity index (χ1n) is 7.03. The molecule has 21 heavy (non-hydrogen) atoms. The maximum absolute atomic E-state index is 11.9. The van der Waals surface area contributed by atoms with Crippen molar-refractivity contribution >= 4 is 27.5 Å². The second kappa shape index (κ2) is 9.30. The fourth-order valence-electron chi connectivity index (χ4n) is 1.82. The Labute approximate surface area is 131 Å². The van der Waals surface area contributed by atoms with E-state index in [9.17, 15) is 8.42 Å². The van der Waals surface area contributed by atoms with Crippen LogP contribution in [0.25, 0.3) is 0 Å². The van der Waals surface area contributed by atoms with Crippen molar-refractivity contribution in [3.05, 3.63) is 24.3 Å². The number of anilines is 1. The predicted molar refractivity (Wildman–Crippen MR) is 88.9 cm³/mol. The van der Waals surface area contributed by atoms with Gasteiger partial charge in [-0.25, -0.2) is 13.1 Å². The Morgan fingerprint density at radius 1 is 1.43 bits per heavy atom. The Morgan fingerprint density at radius 2 is 2.19 bits per heavy atom. The Morgan fingerprint density at radius 3 is 2.81 bits per heavy atom. The van der Waals surface area contributed by atoms with E-state index in [1.807, 2.05) is 25.1 Å². The van der Waals surface area contributed by atoms with Gasteiger partial charge in [0.15, 0.2) is 0 Å². The Balaban J connectivity index is 2.35. The molecule has 0 fully saturated rings. The maximum Gasteiger partial charge on any atom is 0.212 e. The van der Waals surface area contributed by atoms with Gasteiger partial charge in [-0.15, -0.1) is 11.8 Å². The summed E-state index contributed by atoms with van der Waals surface area (Å²) in [7, 11) is -3.27. The van der Waals surface area contributed by atoms with Gasteiger partial charge in [0.2, 0.25) is 10.0 Å². The summed E-state index contributed by atoms with van der Waals surface area (Å²) >= 11 is 1.47. The SMILES string of the molecule is CCC(CCO)CNS(=O)(=O)CCSc1cccc(N)c1. The minimum atomic E-state index is -3.27. The molecule has 1 unspecified atom stereocenters. The number of nitrogens with one attached hydrogen (secondary N) is 1. The standard InChI is InChI=1S/C14H24N2O3S2/c1-2-12(6-7-17)11-16-21(18,19)9-8-20-14-5-3-4-13(15)10-14/h3-5,10,12,16-17H,2,6-9,11,15H2,1H3. The molecule has 0 heterocycles. The third kappa shape index (κ3) is 7.71. The first-order valence-corrected chi connectivity index (χ1v) is 9.67. The molecule has 4 N–H and O–H groups in total. The van der Waals surface area contributed by atoms with Gasteiger partial charge in [0.05, 0.1) is 5.75 Å². The van der Waals surface area contributed by atoms with Gasteiger partial charge >= 0.3 is 0 Å². The molecule has 1 atom stereocenters. The lowest BCUT2D eigenvalue weighted by molar-refractivity contribution is 0.254. The van der Waals surface area contributed by atoms with Crippen molar-refractivity contribution in [2.75, 3.05) is 30.4 Å². The molecule has 7 heteroatoms. The number of hydrogen-bond acceptors (Lipinski definition) is 5. The fraction of sp³-hybridized carbons (Fsp3) is 0.571. The van der Waals surface area contributed by atoms with E-state index in [-0.39, 0.29) is 18.3 Å². The normalized spacial score (nSPS) is 13.2. The van der Waals surface area contributed by atoms with E-state index in [0.717, 1.165) is 11.3 Å². The number of aliphatic hydroxyl groups is 1. The Kier molecular flexibility index (Phi) is 8.10. The third-order valence-corrected chi connectivity index (χ3v) is 5.79. The van der Waals surface area contributed by atoms with Crippen LogP contribution in [0.3, 0.4) is 0 Å². The fourth-order valence-corrected chi connectivity index (χ4v) is 4.30. The van der Waals surface area contributed by atoms with Crippen molar-refractivity contribution < 1.29 is 13.5 Å². The molecule has 0 aliphatic rings. The summed E-state index contributed by atoms with van der Waals surface area (Å²) in [4.78, 5) is 0.969. The molecule has 1 aromatic carbocycles. The highest BCUT2D eigenvalue weighted by atomic mass is 32.2. The highest BCUT2D eigenvalue weighted by Crippen LogP contribution is 2.20. The van der Waals surface area contributed by atoms with E-state index < -0.39 is 10.0 Å². The van der Waals surface area contributed by atoms with Crippen LogP contribution in [0, 0.1) is 5.92 Å². The summed E-state index contributed by atoms with van der Waals surface area (Å²) < 4.78 is 26.4. The number of aliphatic hydroxyl groups excluding tert-OH is 1. The van der Waals surface area contributed by atoms with Crippen molar-refractivity contribution in [2.24, 2.45) is 5.92 Å². The smallest absolute Gasteiger partial charge is 0.212 e. The van der Waals surface area contributed by atoms with Crippen LogP contribution < -0.4 is 10.5 Å². The second-order valence-corrected chi connectivity index (χ2v) is 7.97. The molecular formula is C14H24N2O3S2. The second-order valence-electron chi connectivity index (χ2n) is 4.87. The van der Waals surface area contributed by atoms with Crippen LogP contribution >= 0.6 is 11.8 Å². The van der Waals surface area contributed by atoms with Gasteiger partial charge < -0.3 is 10.8 Å². The maximum atomic E-state index is 11.9. The van der Waals surface area contributed by atoms with E-state index >= 15 is 0 Å². The molecule has 0 amide bonds.